The molecule has 0 unspecified atom stereocenters. The summed E-state index contributed by atoms with van der Waals surface area (Å²) in [5.74, 6) is 0.850. The Morgan fingerprint density at radius 1 is 1.10 bits per heavy atom. The highest BCUT2D eigenvalue weighted by Gasteiger charge is 2.10. The molecule has 0 aliphatic rings. The SMILES string of the molecule is COc1ccccc1-c1nc(-c2cccc(Br)c2)cs1. The zero-order valence-corrected chi connectivity index (χ0v) is 13.2. The minimum absolute atomic E-state index is 0.850. The third-order valence-corrected chi connectivity index (χ3v) is 4.33. The topological polar surface area (TPSA) is 22.1 Å². The van der Waals surface area contributed by atoms with Crippen LogP contribution in [0.5, 0.6) is 5.75 Å². The molecule has 0 radical (unpaired) electrons. The molecule has 1 heterocycles. The van der Waals surface area contributed by atoms with Crippen molar-refractivity contribution in [2.24, 2.45) is 0 Å². The van der Waals surface area contributed by atoms with Crippen LogP contribution in [0.15, 0.2) is 58.4 Å². The second-order valence-electron chi connectivity index (χ2n) is 4.25. The third kappa shape index (κ3) is 2.62. The van der Waals surface area contributed by atoms with Crippen LogP contribution >= 0.6 is 27.3 Å². The Bertz CT molecular complexity index is 739. The zero-order chi connectivity index (χ0) is 13.9. The quantitative estimate of drug-likeness (QED) is 0.646. The van der Waals surface area contributed by atoms with E-state index >= 15 is 0 Å². The molecule has 0 aliphatic carbocycles. The summed E-state index contributed by atoms with van der Waals surface area (Å²) in [5, 5.41) is 3.04. The molecule has 2 aromatic carbocycles. The van der Waals surface area contributed by atoms with E-state index in [4.69, 9.17) is 9.72 Å². The number of para-hydroxylation sites is 1. The van der Waals surface area contributed by atoms with Gasteiger partial charge in [0.1, 0.15) is 10.8 Å². The first-order chi connectivity index (χ1) is 9.78. The van der Waals surface area contributed by atoms with Gasteiger partial charge in [0.25, 0.3) is 0 Å². The molecule has 0 spiro atoms. The predicted octanol–water partition coefficient (Wildman–Crippen LogP) is 5.25. The Kier molecular flexibility index (Phi) is 3.85. The smallest absolute Gasteiger partial charge is 0.129 e. The van der Waals surface area contributed by atoms with Crippen molar-refractivity contribution in [1.82, 2.24) is 4.98 Å². The maximum atomic E-state index is 5.39. The Balaban J connectivity index is 2.02. The second kappa shape index (κ2) is 5.77. The maximum absolute atomic E-state index is 5.39. The number of methoxy groups -OCH3 is 1. The van der Waals surface area contributed by atoms with Crippen LogP contribution in [0.25, 0.3) is 21.8 Å². The maximum Gasteiger partial charge on any atom is 0.129 e. The molecule has 0 saturated heterocycles. The van der Waals surface area contributed by atoms with Crippen molar-refractivity contribution >= 4 is 27.3 Å². The van der Waals surface area contributed by atoms with Crippen molar-refractivity contribution < 1.29 is 4.74 Å². The minimum atomic E-state index is 0.850. The molecule has 1 aromatic heterocycles. The van der Waals surface area contributed by atoms with Gasteiger partial charge in [0.15, 0.2) is 0 Å². The van der Waals surface area contributed by atoms with E-state index in [0.717, 1.165) is 32.1 Å². The number of rotatable bonds is 3. The Morgan fingerprint density at radius 2 is 1.95 bits per heavy atom. The van der Waals surface area contributed by atoms with Crippen molar-refractivity contribution in [1.29, 1.82) is 0 Å². The molecule has 3 aromatic rings. The van der Waals surface area contributed by atoms with E-state index in [1.165, 1.54) is 0 Å². The van der Waals surface area contributed by atoms with E-state index in [1.807, 2.05) is 36.4 Å². The van der Waals surface area contributed by atoms with Gasteiger partial charge in [-0.05, 0) is 24.3 Å². The molecule has 4 heteroatoms. The summed E-state index contributed by atoms with van der Waals surface area (Å²) in [5.41, 5.74) is 3.12. The lowest BCUT2D eigenvalue weighted by Crippen LogP contribution is -1.87. The molecule has 0 N–H and O–H groups in total. The lowest BCUT2D eigenvalue weighted by atomic mass is 10.2. The molecule has 0 aliphatic heterocycles. The molecule has 0 fully saturated rings. The lowest BCUT2D eigenvalue weighted by Gasteiger charge is -2.04. The van der Waals surface area contributed by atoms with Crippen LogP contribution in [-0.2, 0) is 0 Å². The van der Waals surface area contributed by atoms with Crippen LogP contribution in [0.3, 0.4) is 0 Å². The van der Waals surface area contributed by atoms with Gasteiger partial charge < -0.3 is 4.74 Å². The Hall–Kier alpha value is -1.65. The summed E-state index contributed by atoms with van der Waals surface area (Å²) in [6.45, 7) is 0. The zero-order valence-electron chi connectivity index (χ0n) is 10.8. The van der Waals surface area contributed by atoms with Gasteiger partial charge in [-0.2, -0.15) is 0 Å². The number of nitrogens with zero attached hydrogens (tertiary/aromatic N) is 1. The van der Waals surface area contributed by atoms with Gasteiger partial charge in [-0.3, -0.25) is 0 Å². The van der Waals surface area contributed by atoms with E-state index in [0.29, 0.717) is 0 Å². The number of hydrogen-bond donors (Lipinski definition) is 0. The van der Waals surface area contributed by atoms with Gasteiger partial charge in [-0.25, -0.2) is 4.98 Å². The van der Waals surface area contributed by atoms with Crippen molar-refractivity contribution in [2.75, 3.05) is 7.11 Å². The summed E-state index contributed by atoms with van der Waals surface area (Å²) < 4.78 is 6.45. The van der Waals surface area contributed by atoms with Crippen LogP contribution in [0.2, 0.25) is 0 Å². The first-order valence-electron chi connectivity index (χ1n) is 6.13. The van der Waals surface area contributed by atoms with Crippen molar-refractivity contribution in [3.05, 3.63) is 58.4 Å². The molecule has 0 bridgehead atoms. The molecule has 3 rings (SSSR count). The predicted molar refractivity (Wildman–Crippen MR) is 87.2 cm³/mol. The van der Waals surface area contributed by atoms with Gasteiger partial charge in [0, 0.05) is 15.4 Å². The van der Waals surface area contributed by atoms with Crippen LogP contribution in [0.1, 0.15) is 0 Å². The fraction of sp³-hybridized carbons (Fsp3) is 0.0625. The van der Waals surface area contributed by atoms with Crippen LogP contribution in [0, 0.1) is 0 Å². The van der Waals surface area contributed by atoms with Crippen LogP contribution in [-0.4, -0.2) is 12.1 Å². The summed E-state index contributed by atoms with van der Waals surface area (Å²) >= 11 is 5.12. The first kappa shape index (κ1) is 13.3. The average Bonchev–Trinajstić information content (AvgIpc) is 2.97. The number of aromatic nitrogens is 1. The van der Waals surface area contributed by atoms with Gasteiger partial charge in [0.2, 0.25) is 0 Å². The minimum Gasteiger partial charge on any atom is -0.496 e. The van der Waals surface area contributed by atoms with E-state index in [2.05, 4.69) is 33.4 Å². The van der Waals surface area contributed by atoms with Crippen molar-refractivity contribution in [3.8, 4) is 27.6 Å². The highest BCUT2D eigenvalue weighted by atomic mass is 79.9. The van der Waals surface area contributed by atoms with Gasteiger partial charge in [0.05, 0.1) is 18.4 Å². The van der Waals surface area contributed by atoms with Crippen molar-refractivity contribution in [3.63, 3.8) is 0 Å². The van der Waals surface area contributed by atoms with Gasteiger partial charge in [-0.1, -0.05) is 40.2 Å². The molecule has 0 atom stereocenters. The largest absolute Gasteiger partial charge is 0.496 e. The summed E-state index contributed by atoms with van der Waals surface area (Å²) in [6, 6.07) is 16.1. The van der Waals surface area contributed by atoms with E-state index in [-0.39, 0.29) is 0 Å². The van der Waals surface area contributed by atoms with E-state index in [9.17, 15) is 0 Å². The van der Waals surface area contributed by atoms with Crippen LogP contribution < -0.4 is 4.74 Å². The number of thiazole rings is 1. The number of ether oxygens (including phenoxy) is 1. The lowest BCUT2D eigenvalue weighted by molar-refractivity contribution is 0.416. The summed E-state index contributed by atoms with van der Waals surface area (Å²) in [4.78, 5) is 4.72. The number of halogens is 1. The van der Waals surface area contributed by atoms with E-state index in [1.54, 1.807) is 18.4 Å². The number of hydrogen-bond acceptors (Lipinski definition) is 3. The summed E-state index contributed by atoms with van der Waals surface area (Å²) in [7, 11) is 1.68. The second-order valence-corrected chi connectivity index (χ2v) is 6.02. The van der Waals surface area contributed by atoms with Crippen molar-refractivity contribution in [2.45, 2.75) is 0 Å². The fourth-order valence-corrected chi connectivity index (χ4v) is 3.26. The third-order valence-electron chi connectivity index (χ3n) is 2.96. The highest BCUT2D eigenvalue weighted by Crippen LogP contribution is 2.34. The molecule has 0 saturated carbocycles. The Labute approximate surface area is 130 Å². The van der Waals surface area contributed by atoms with Gasteiger partial charge in [-0.15, -0.1) is 11.3 Å². The molecular formula is C16H12BrNOS. The molecular weight excluding hydrogens is 334 g/mol. The molecule has 2 nitrogen and oxygen atoms in total. The molecule has 20 heavy (non-hydrogen) atoms. The summed E-state index contributed by atoms with van der Waals surface area (Å²) in [6.07, 6.45) is 0. The monoisotopic (exact) mass is 345 g/mol. The van der Waals surface area contributed by atoms with Gasteiger partial charge >= 0.3 is 0 Å². The first-order valence-corrected chi connectivity index (χ1v) is 7.80. The molecule has 0 amide bonds. The molecule has 100 valence electrons. The Morgan fingerprint density at radius 3 is 2.75 bits per heavy atom. The number of benzene rings is 2. The van der Waals surface area contributed by atoms with Crippen LogP contribution in [0.4, 0.5) is 0 Å². The average molecular weight is 346 g/mol. The highest BCUT2D eigenvalue weighted by molar-refractivity contribution is 9.10. The normalized spacial score (nSPS) is 10.5. The van der Waals surface area contributed by atoms with E-state index < -0.39 is 0 Å². The standard InChI is InChI=1S/C16H12BrNOS/c1-19-15-8-3-2-7-13(15)16-18-14(10-20-16)11-5-4-6-12(17)9-11/h2-10H,1H3. The fourth-order valence-electron chi connectivity index (χ4n) is 2.00.